The van der Waals surface area contributed by atoms with Crippen molar-refractivity contribution in [2.24, 2.45) is 5.10 Å². The van der Waals surface area contributed by atoms with Crippen LogP contribution in [-0.2, 0) is 4.79 Å². The zero-order valence-electron chi connectivity index (χ0n) is 19.8. The third-order valence-corrected chi connectivity index (χ3v) is 6.04. The summed E-state index contributed by atoms with van der Waals surface area (Å²) in [5.74, 6) is 1.24. The normalized spacial score (nSPS) is 14.7. The molecule has 0 saturated carbocycles. The molecule has 0 aliphatic carbocycles. The maximum absolute atomic E-state index is 13.0. The molecule has 0 atom stereocenters. The molecular formula is C27H33BrN2O3. The van der Waals surface area contributed by atoms with E-state index in [0.29, 0.717) is 36.0 Å². The molecule has 1 aliphatic heterocycles. The zero-order chi connectivity index (χ0) is 23.6. The summed E-state index contributed by atoms with van der Waals surface area (Å²) in [6.45, 7) is 7.21. The van der Waals surface area contributed by atoms with Crippen LogP contribution < -0.4 is 14.5 Å². The van der Waals surface area contributed by atoms with Crippen LogP contribution in [-0.4, -0.2) is 24.8 Å². The van der Waals surface area contributed by atoms with Crippen molar-refractivity contribution in [2.75, 3.05) is 18.2 Å². The first-order chi connectivity index (χ1) is 16.0. The van der Waals surface area contributed by atoms with Gasteiger partial charge in [-0.05, 0) is 72.1 Å². The van der Waals surface area contributed by atoms with Crippen LogP contribution >= 0.6 is 15.9 Å². The third-order valence-electron chi connectivity index (χ3n) is 5.45. The van der Waals surface area contributed by atoms with E-state index in [1.54, 1.807) is 0 Å². The predicted molar refractivity (Wildman–Crippen MR) is 139 cm³/mol. The van der Waals surface area contributed by atoms with Gasteiger partial charge in [0.15, 0.2) is 11.5 Å². The van der Waals surface area contributed by atoms with E-state index in [1.807, 2.05) is 62.4 Å². The molecule has 0 unspecified atom stereocenters. The van der Waals surface area contributed by atoms with Gasteiger partial charge in [-0.1, -0.05) is 57.2 Å². The lowest BCUT2D eigenvalue weighted by atomic mass is 10.1. The number of hydrogen-bond donors (Lipinski definition) is 0. The van der Waals surface area contributed by atoms with E-state index in [2.05, 4.69) is 28.0 Å². The summed E-state index contributed by atoms with van der Waals surface area (Å²) in [5.41, 5.74) is 2.85. The summed E-state index contributed by atoms with van der Waals surface area (Å²) in [6, 6.07) is 13.3. The fourth-order valence-electron chi connectivity index (χ4n) is 3.73. The van der Waals surface area contributed by atoms with Crippen molar-refractivity contribution in [1.82, 2.24) is 0 Å². The third kappa shape index (κ3) is 6.70. The maximum atomic E-state index is 13.0. The molecule has 0 fully saturated rings. The summed E-state index contributed by atoms with van der Waals surface area (Å²) in [6.07, 6.45) is 9.14. The number of para-hydroxylation sites is 1. The lowest BCUT2D eigenvalue weighted by Gasteiger charge is -2.15. The highest BCUT2D eigenvalue weighted by molar-refractivity contribution is 9.10. The van der Waals surface area contributed by atoms with Crippen LogP contribution in [0.15, 0.2) is 57.6 Å². The first kappa shape index (κ1) is 25.0. The van der Waals surface area contributed by atoms with Gasteiger partial charge in [0.05, 0.1) is 34.7 Å². The minimum absolute atomic E-state index is 0.142. The average Bonchev–Trinajstić information content (AvgIpc) is 3.09. The zero-order valence-corrected chi connectivity index (χ0v) is 21.4. The Balaban J connectivity index is 1.74. The highest BCUT2D eigenvalue weighted by atomic mass is 79.9. The molecular weight excluding hydrogens is 480 g/mol. The van der Waals surface area contributed by atoms with E-state index in [-0.39, 0.29) is 5.91 Å². The van der Waals surface area contributed by atoms with Gasteiger partial charge in [-0.15, -0.1) is 0 Å². The summed E-state index contributed by atoms with van der Waals surface area (Å²) >= 11 is 3.64. The molecule has 33 heavy (non-hydrogen) atoms. The number of halogens is 1. The molecule has 1 heterocycles. The van der Waals surface area contributed by atoms with Crippen LogP contribution in [0.2, 0.25) is 0 Å². The van der Waals surface area contributed by atoms with Gasteiger partial charge in [0.25, 0.3) is 5.91 Å². The van der Waals surface area contributed by atoms with Gasteiger partial charge in [-0.25, -0.2) is 0 Å². The van der Waals surface area contributed by atoms with Crippen molar-refractivity contribution in [3.63, 3.8) is 0 Å². The van der Waals surface area contributed by atoms with E-state index in [4.69, 9.17) is 9.47 Å². The number of hydrazone groups is 1. The van der Waals surface area contributed by atoms with Gasteiger partial charge in [-0.2, -0.15) is 10.1 Å². The van der Waals surface area contributed by atoms with Crippen molar-refractivity contribution >= 4 is 39.3 Å². The van der Waals surface area contributed by atoms with Gasteiger partial charge >= 0.3 is 0 Å². The molecule has 0 N–H and O–H groups in total. The number of amides is 1. The number of nitrogens with zero attached hydrogens (tertiary/aromatic N) is 2. The van der Waals surface area contributed by atoms with E-state index in [1.165, 1.54) is 37.1 Å². The molecule has 1 aliphatic rings. The van der Waals surface area contributed by atoms with E-state index >= 15 is 0 Å². The summed E-state index contributed by atoms with van der Waals surface area (Å²) in [4.78, 5) is 13.0. The van der Waals surface area contributed by atoms with Gasteiger partial charge in [0, 0.05) is 0 Å². The number of carbonyl (C=O) groups is 1. The Morgan fingerprint density at radius 3 is 2.45 bits per heavy atom. The number of rotatable bonds is 12. The van der Waals surface area contributed by atoms with Gasteiger partial charge in [-0.3, -0.25) is 4.79 Å². The molecule has 5 nitrogen and oxygen atoms in total. The largest absolute Gasteiger partial charge is 0.490 e. The second-order valence-corrected chi connectivity index (χ2v) is 8.93. The standard InChI is InChI=1S/C27H33BrN2O3/c1-4-6-7-8-9-13-16-33-26-24(28)18-21(19-25(26)32-5-2)17-23-20(3)29-30(27(23)31)22-14-11-10-12-15-22/h10-12,14-15,17-19H,4-9,13,16H2,1-3H3/b23-17-. The van der Waals surface area contributed by atoms with Gasteiger partial charge < -0.3 is 9.47 Å². The number of anilines is 1. The molecule has 0 bridgehead atoms. The molecule has 0 aromatic heterocycles. The number of unbranched alkanes of at least 4 members (excludes halogenated alkanes) is 5. The summed E-state index contributed by atoms with van der Waals surface area (Å²) < 4.78 is 12.8. The van der Waals surface area contributed by atoms with Crippen molar-refractivity contribution < 1.29 is 14.3 Å². The Kier molecular flexibility index (Phi) is 9.55. The van der Waals surface area contributed by atoms with E-state index in [9.17, 15) is 4.79 Å². The summed E-state index contributed by atoms with van der Waals surface area (Å²) in [7, 11) is 0. The molecule has 2 aromatic carbocycles. The molecule has 3 rings (SSSR count). The van der Waals surface area contributed by atoms with Crippen molar-refractivity contribution in [3.8, 4) is 11.5 Å². The first-order valence-corrected chi connectivity index (χ1v) is 12.6. The average molecular weight is 513 g/mol. The second kappa shape index (κ2) is 12.6. The number of benzene rings is 2. The molecule has 0 radical (unpaired) electrons. The lowest BCUT2D eigenvalue weighted by molar-refractivity contribution is -0.114. The van der Waals surface area contributed by atoms with E-state index in [0.717, 1.165) is 22.1 Å². The van der Waals surface area contributed by atoms with Crippen molar-refractivity contribution in [2.45, 2.75) is 59.3 Å². The van der Waals surface area contributed by atoms with Crippen LogP contribution in [0.3, 0.4) is 0 Å². The Bertz CT molecular complexity index is 1000. The van der Waals surface area contributed by atoms with Crippen LogP contribution in [0.1, 0.15) is 64.9 Å². The Morgan fingerprint density at radius 2 is 1.73 bits per heavy atom. The topological polar surface area (TPSA) is 51.1 Å². The maximum Gasteiger partial charge on any atom is 0.280 e. The SMILES string of the molecule is CCCCCCCCOc1c(Br)cc(/C=C2\C(=O)N(c3ccccc3)N=C2C)cc1OCC. The fourth-order valence-corrected chi connectivity index (χ4v) is 4.30. The van der Waals surface area contributed by atoms with Crippen LogP contribution in [0.25, 0.3) is 6.08 Å². The first-order valence-electron chi connectivity index (χ1n) is 11.8. The number of carbonyl (C=O) groups excluding carboxylic acids is 1. The summed E-state index contributed by atoms with van der Waals surface area (Å²) in [5, 5.41) is 5.90. The Morgan fingerprint density at radius 1 is 1.00 bits per heavy atom. The highest BCUT2D eigenvalue weighted by Gasteiger charge is 2.28. The quantitative estimate of drug-likeness (QED) is 0.220. The number of ether oxygens (including phenoxy) is 2. The fraction of sp³-hybridized carbons (Fsp3) is 0.407. The minimum Gasteiger partial charge on any atom is -0.490 e. The Hall–Kier alpha value is -2.60. The van der Waals surface area contributed by atoms with E-state index < -0.39 is 0 Å². The van der Waals surface area contributed by atoms with Crippen LogP contribution in [0, 0.1) is 0 Å². The molecule has 0 spiro atoms. The molecule has 2 aromatic rings. The monoisotopic (exact) mass is 512 g/mol. The molecule has 1 amide bonds. The number of hydrogen-bond acceptors (Lipinski definition) is 4. The Labute approximate surface area is 205 Å². The van der Waals surface area contributed by atoms with Crippen molar-refractivity contribution in [1.29, 1.82) is 0 Å². The highest BCUT2D eigenvalue weighted by Crippen LogP contribution is 2.38. The van der Waals surface area contributed by atoms with Crippen molar-refractivity contribution in [3.05, 3.63) is 58.1 Å². The second-order valence-electron chi connectivity index (χ2n) is 8.08. The minimum atomic E-state index is -0.142. The molecule has 176 valence electrons. The van der Waals surface area contributed by atoms with Crippen LogP contribution in [0.5, 0.6) is 11.5 Å². The predicted octanol–water partition coefficient (Wildman–Crippen LogP) is 7.39. The smallest absolute Gasteiger partial charge is 0.280 e. The van der Waals surface area contributed by atoms with Gasteiger partial charge in [0.2, 0.25) is 0 Å². The van der Waals surface area contributed by atoms with Gasteiger partial charge in [0.1, 0.15) is 0 Å². The molecule has 6 heteroatoms. The van der Waals surface area contributed by atoms with Crippen LogP contribution in [0.4, 0.5) is 5.69 Å². The molecule has 0 saturated heterocycles. The lowest BCUT2D eigenvalue weighted by Crippen LogP contribution is -2.21.